The highest BCUT2D eigenvalue weighted by atomic mass is 16.7. The molecule has 15 atom stereocenters. The van der Waals surface area contributed by atoms with Crippen molar-refractivity contribution in [3.8, 4) is 0 Å². The predicted molar refractivity (Wildman–Crippen MR) is 165 cm³/mol. The summed E-state index contributed by atoms with van der Waals surface area (Å²) in [4.78, 5) is 0. The van der Waals surface area contributed by atoms with Gasteiger partial charge in [-0.25, -0.2) is 0 Å². The van der Waals surface area contributed by atoms with Crippen LogP contribution >= 0.6 is 0 Å². The summed E-state index contributed by atoms with van der Waals surface area (Å²) in [6, 6.07) is 0. The summed E-state index contributed by atoms with van der Waals surface area (Å²) in [6.07, 6.45) is 4.78. The number of hydrogen-bond acceptors (Lipinski definition) is 7. The molecule has 0 radical (unpaired) electrons. The maximum atomic E-state index is 11.0. The molecule has 7 nitrogen and oxygen atoms in total. The van der Waals surface area contributed by atoms with Gasteiger partial charge in [-0.15, -0.1) is 0 Å². The zero-order chi connectivity index (χ0) is 31.3. The van der Waals surface area contributed by atoms with Crippen LogP contribution in [0.1, 0.15) is 106 Å². The van der Waals surface area contributed by atoms with Crippen LogP contribution in [0, 0.1) is 56.7 Å². The Hall–Kier alpha value is -0.540. The van der Waals surface area contributed by atoms with E-state index in [1.54, 1.807) is 0 Å². The fourth-order valence-corrected chi connectivity index (χ4v) is 13.0. The molecule has 246 valence electrons. The van der Waals surface area contributed by atoms with Gasteiger partial charge >= 0.3 is 0 Å². The van der Waals surface area contributed by atoms with Crippen LogP contribution in [-0.2, 0) is 9.47 Å². The van der Waals surface area contributed by atoms with Crippen LogP contribution in [-0.4, -0.2) is 75.6 Å². The molecule has 0 bridgehead atoms. The van der Waals surface area contributed by atoms with Gasteiger partial charge in [-0.3, -0.25) is 0 Å². The number of aliphatic hydroxyl groups is 5. The van der Waals surface area contributed by atoms with Gasteiger partial charge < -0.3 is 35.0 Å². The Morgan fingerprint density at radius 3 is 2.19 bits per heavy atom. The zero-order valence-corrected chi connectivity index (χ0v) is 27.6. The van der Waals surface area contributed by atoms with E-state index in [9.17, 15) is 25.5 Å². The van der Waals surface area contributed by atoms with Crippen molar-refractivity contribution >= 4 is 0 Å². The molecule has 0 spiro atoms. The summed E-state index contributed by atoms with van der Waals surface area (Å²) in [5.41, 5.74) is 1.81. The monoisotopic (exact) mass is 604 g/mol. The maximum absolute atomic E-state index is 11.0. The van der Waals surface area contributed by atoms with Gasteiger partial charge in [-0.2, -0.15) is 0 Å². The lowest BCUT2D eigenvalue weighted by Crippen LogP contribution is -2.67. The third kappa shape index (κ3) is 4.45. The Balaban J connectivity index is 1.29. The average Bonchev–Trinajstić information content (AvgIpc) is 3.34. The lowest BCUT2D eigenvalue weighted by Gasteiger charge is -2.73. The molecule has 1 aliphatic heterocycles. The third-order valence-electron chi connectivity index (χ3n) is 15.6. The van der Waals surface area contributed by atoms with E-state index in [1.165, 1.54) is 31.3 Å². The van der Waals surface area contributed by atoms with Crippen LogP contribution in [0.5, 0.6) is 0 Å². The minimum atomic E-state index is -1.43. The Labute approximate surface area is 259 Å². The van der Waals surface area contributed by atoms with Crippen molar-refractivity contribution < 1.29 is 35.0 Å². The number of allylic oxidation sites excluding steroid dienone is 1. The first-order valence-corrected chi connectivity index (χ1v) is 17.3. The molecule has 1 saturated heterocycles. The molecule has 43 heavy (non-hydrogen) atoms. The molecule has 6 rings (SSSR count). The van der Waals surface area contributed by atoms with E-state index in [2.05, 4.69) is 48.1 Å². The number of rotatable bonds is 5. The number of aliphatic hydroxyl groups excluding tert-OH is 5. The Morgan fingerprint density at radius 1 is 0.791 bits per heavy atom. The van der Waals surface area contributed by atoms with Crippen LogP contribution in [0.15, 0.2) is 12.2 Å². The lowest BCUT2D eigenvalue weighted by atomic mass is 9.32. The summed E-state index contributed by atoms with van der Waals surface area (Å²) in [7, 11) is 0. The molecule has 1 heterocycles. The van der Waals surface area contributed by atoms with Crippen LogP contribution in [0.25, 0.3) is 0 Å². The maximum Gasteiger partial charge on any atom is 0.186 e. The SMILES string of the molecule is C=C(C)[C@@H]1CC[C@]2(COC3O[C@H](CO)[C@@H](O)[C@H](O)[C@H]3O)CC[C@]3(C)[C@H](CC[C@@H]4[C@@]5(C)CC[C@H](O)C(C)(C)[C@@H]5CC[C@]43C)[C@@H]12. The fraction of sp³-hybridized carbons (Fsp3) is 0.944. The molecule has 0 aromatic heterocycles. The van der Waals surface area contributed by atoms with Crippen LogP contribution < -0.4 is 0 Å². The van der Waals surface area contributed by atoms with Crippen molar-refractivity contribution in [2.75, 3.05) is 13.2 Å². The minimum absolute atomic E-state index is 0.0496. The summed E-state index contributed by atoms with van der Waals surface area (Å²) < 4.78 is 12.1. The highest BCUT2D eigenvalue weighted by molar-refractivity contribution is 5.21. The quantitative estimate of drug-likeness (QED) is 0.286. The first-order valence-electron chi connectivity index (χ1n) is 17.3. The van der Waals surface area contributed by atoms with E-state index >= 15 is 0 Å². The Bertz CT molecular complexity index is 1080. The Morgan fingerprint density at radius 2 is 1.51 bits per heavy atom. The van der Waals surface area contributed by atoms with Crippen molar-refractivity contribution in [1.29, 1.82) is 0 Å². The van der Waals surface area contributed by atoms with Crippen molar-refractivity contribution in [2.45, 2.75) is 143 Å². The van der Waals surface area contributed by atoms with Crippen molar-refractivity contribution in [1.82, 2.24) is 0 Å². The van der Waals surface area contributed by atoms with Crippen molar-refractivity contribution in [3.63, 3.8) is 0 Å². The highest BCUT2D eigenvalue weighted by Crippen LogP contribution is 2.77. The van der Waals surface area contributed by atoms with Crippen LogP contribution in [0.3, 0.4) is 0 Å². The standard InChI is InChI=1S/C36H60O7/c1-20(2)21-10-15-36(19-42-31-30(41)29(40)28(39)23(18-37)43-31)17-16-34(6)22(27(21)36)8-9-25-33(5)13-12-26(38)32(3,4)24(33)11-14-35(25,34)7/h21-31,37-41H,1,8-19H2,2-7H3/t21-,22+,23+,24-,25+,26-,27+,28+,29-,30+,31?,33-,34+,35+,36+/m0/s1. The minimum Gasteiger partial charge on any atom is -0.394 e. The topological polar surface area (TPSA) is 120 Å². The van der Waals surface area contributed by atoms with Crippen LogP contribution in [0.4, 0.5) is 0 Å². The van der Waals surface area contributed by atoms with Gasteiger partial charge in [-0.1, -0.05) is 46.8 Å². The smallest absolute Gasteiger partial charge is 0.186 e. The molecule has 0 aromatic carbocycles. The lowest BCUT2D eigenvalue weighted by molar-refractivity contribution is -0.311. The van der Waals surface area contributed by atoms with Gasteiger partial charge in [0.05, 0.1) is 19.3 Å². The molecule has 5 aliphatic carbocycles. The van der Waals surface area contributed by atoms with E-state index in [-0.39, 0.29) is 33.2 Å². The summed E-state index contributed by atoms with van der Waals surface area (Å²) >= 11 is 0. The first-order chi connectivity index (χ1) is 20.1. The van der Waals surface area contributed by atoms with Gasteiger partial charge in [-0.05, 0) is 128 Å². The van der Waals surface area contributed by atoms with E-state index in [4.69, 9.17) is 9.47 Å². The summed E-state index contributed by atoms with van der Waals surface area (Å²) in [5.74, 6) is 2.61. The van der Waals surface area contributed by atoms with Gasteiger partial charge in [0, 0.05) is 0 Å². The predicted octanol–water partition coefficient (Wildman–Crippen LogP) is 4.82. The van der Waals surface area contributed by atoms with E-state index in [1.807, 2.05) is 0 Å². The molecule has 1 unspecified atom stereocenters. The molecule has 6 fully saturated rings. The van der Waals surface area contributed by atoms with Gasteiger partial charge in [0.25, 0.3) is 0 Å². The van der Waals surface area contributed by atoms with Crippen molar-refractivity contribution in [3.05, 3.63) is 12.2 Å². The molecule has 6 aliphatic rings. The molecule has 7 heteroatoms. The largest absolute Gasteiger partial charge is 0.394 e. The van der Waals surface area contributed by atoms with Gasteiger partial charge in [0.15, 0.2) is 6.29 Å². The van der Waals surface area contributed by atoms with Gasteiger partial charge in [0.1, 0.15) is 24.4 Å². The van der Waals surface area contributed by atoms with E-state index in [0.717, 1.165) is 38.5 Å². The molecule has 5 N–H and O–H groups in total. The number of fused-ring (bicyclic) bond motifs is 7. The summed E-state index contributed by atoms with van der Waals surface area (Å²) in [6.45, 7) is 19.1. The average molecular weight is 605 g/mol. The number of ether oxygens (including phenoxy) is 2. The Kier molecular flexibility index (Phi) is 8.10. The molecule has 0 amide bonds. The summed E-state index contributed by atoms with van der Waals surface area (Å²) in [5, 5.41) is 52.1. The highest BCUT2D eigenvalue weighted by Gasteiger charge is 2.71. The third-order valence-corrected chi connectivity index (χ3v) is 15.6. The van der Waals surface area contributed by atoms with Crippen LogP contribution in [0.2, 0.25) is 0 Å². The zero-order valence-electron chi connectivity index (χ0n) is 27.6. The number of hydrogen-bond donors (Lipinski definition) is 5. The second kappa shape index (κ2) is 10.7. The van der Waals surface area contributed by atoms with E-state index in [0.29, 0.717) is 36.2 Å². The van der Waals surface area contributed by atoms with E-state index < -0.39 is 37.3 Å². The normalized spacial score (nSPS) is 55.9. The van der Waals surface area contributed by atoms with Gasteiger partial charge in [0.2, 0.25) is 0 Å². The second-order valence-electron chi connectivity index (χ2n) is 17.4. The first kappa shape index (κ1) is 32.4. The molecular weight excluding hydrogens is 544 g/mol. The molecule has 5 saturated carbocycles. The second-order valence-corrected chi connectivity index (χ2v) is 17.4. The molecular formula is C36H60O7. The fourth-order valence-electron chi connectivity index (χ4n) is 13.0. The molecule has 0 aromatic rings. The van der Waals surface area contributed by atoms with Crippen molar-refractivity contribution in [2.24, 2.45) is 56.7 Å².